The predicted molar refractivity (Wildman–Crippen MR) is 81.3 cm³/mol. The van der Waals surface area contributed by atoms with Gasteiger partial charge in [0, 0.05) is 17.0 Å². The first-order valence-corrected chi connectivity index (χ1v) is 7.49. The van der Waals surface area contributed by atoms with Crippen LogP contribution in [0.4, 0.5) is 0 Å². The number of rotatable bonds is 3. The predicted octanol–water partition coefficient (Wildman–Crippen LogP) is 2.02. The molecule has 1 amide bonds. The van der Waals surface area contributed by atoms with E-state index in [1.807, 2.05) is 12.1 Å². The summed E-state index contributed by atoms with van der Waals surface area (Å²) in [6, 6.07) is 5.59. The van der Waals surface area contributed by atoms with Crippen LogP contribution < -0.4 is 5.32 Å². The fourth-order valence-electron chi connectivity index (χ4n) is 2.99. The number of carbonyl (C=O) groups is 2. The molecule has 1 saturated carbocycles. The maximum atomic E-state index is 12.3. The summed E-state index contributed by atoms with van der Waals surface area (Å²) in [5.74, 6) is -0.250. The molecular formula is C16H19N3O3. The Morgan fingerprint density at radius 1 is 1.27 bits per heavy atom. The van der Waals surface area contributed by atoms with Crippen molar-refractivity contribution in [3.8, 4) is 0 Å². The molecule has 1 aromatic heterocycles. The van der Waals surface area contributed by atoms with E-state index in [9.17, 15) is 9.59 Å². The third kappa shape index (κ3) is 2.95. The highest BCUT2D eigenvalue weighted by Gasteiger charge is 2.27. The Balaban J connectivity index is 1.59. The maximum Gasteiger partial charge on any atom is 0.308 e. The lowest BCUT2D eigenvalue weighted by Crippen LogP contribution is -2.38. The van der Waals surface area contributed by atoms with Gasteiger partial charge in [0.05, 0.1) is 24.7 Å². The summed E-state index contributed by atoms with van der Waals surface area (Å²) in [4.78, 5) is 23.8. The normalized spacial score (nSPS) is 21.5. The molecule has 22 heavy (non-hydrogen) atoms. The quantitative estimate of drug-likeness (QED) is 0.850. The molecule has 0 unspecified atom stereocenters. The number of hydrogen-bond donors (Lipinski definition) is 2. The van der Waals surface area contributed by atoms with Crippen LogP contribution in [0, 0.1) is 5.92 Å². The zero-order valence-corrected chi connectivity index (χ0v) is 12.5. The van der Waals surface area contributed by atoms with Crippen LogP contribution in [0.3, 0.4) is 0 Å². The van der Waals surface area contributed by atoms with Crippen LogP contribution in [0.15, 0.2) is 24.4 Å². The lowest BCUT2D eigenvalue weighted by atomic mass is 9.86. The van der Waals surface area contributed by atoms with Crippen LogP contribution in [-0.2, 0) is 9.53 Å². The minimum atomic E-state index is -0.143. The molecule has 1 fully saturated rings. The summed E-state index contributed by atoms with van der Waals surface area (Å²) in [7, 11) is 1.42. The van der Waals surface area contributed by atoms with E-state index < -0.39 is 0 Å². The first-order valence-electron chi connectivity index (χ1n) is 7.49. The zero-order chi connectivity index (χ0) is 15.5. The van der Waals surface area contributed by atoms with Gasteiger partial charge < -0.3 is 10.1 Å². The molecule has 6 heteroatoms. The van der Waals surface area contributed by atoms with Crippen LogP contribution in [-0.4, -0.2) is 35.2 Å². The molecule has 0 bridgehead atoms. The van der Waals surface area contributed by atoms with Crippen molar-refractivity contribution in [3.63, 3.8) is 0 Å². The standard InChI is InChI=1S/C16H19N3O3/c1-22-16(21)10-2-5-13(6-3-10)18-15(20)11-4-7-14-12(8-11)9-17-19-14/h4,7-10,13H,2-3,5-6H2,1H3,(H,17,19)(H,18,20). The molecule has 1 heterocycles. The van der Waals surface area contributed by atoms with Crippen LogP contribution in [0.2, 0.25) is 0 Å². The molecule has 2 N–H and O–H groups in total. The van der Waals surface area contributed by atoms with E-state index in [1.54, 1.807) is 12.3 Å². The van der Waals surface area contributed by atoms with Gasteiger partial charge in [0.2, 0.25) is 0 Å². The van der Waals surface area contributed by atoms with Crippen molar-refractivity contribution in [2.45, 2.75) is 31.7 Å². The van der Waals surface area contributed by atoms with Gasteiger partial charge in [-0.25, -0.2) is 0 Å². The number of fused-ring (bicyclic) bond motifs is 1. The number of aromatic amines is 1. The van der Waals surface area contributed by atoms with Crippen molar-refractivity contribution in [1.29, 1.82) is 0 Å². The molecule has 1 aliphatic rings. The number of nitrogens with zero attached hydrogens (tertiary/aromatic N) is 1. The number of esters is 1. The topological polar surface area (TPSA) is 84.1 Å². The highest BCUT2D eigenvalue weighted by molar-refractivity contribution is 5.98. The van der Waals surface area contributed by atoms with Gasteiger partial charge in [0.25, 0.3) is 5.91 Å². The second-order valence-electron chi connectivity index (χ2n) is 5.72. The summed E-state index contributed by atoms with van der Waals surface area (Å²) in [6.45, 7) is 0. The maximum absolute atomic E-state index is 12.3. The lowest BCUT2D eigenvalue weighted by Gasteiger charge is -2.27. The average molecular weight is 301 g/mol. The van der Waals surface area contributed by atoms with Crippen LogP contribution >= 0.6 is 0 Å². The minimum absolute atomic E-state index is 0.0274. The summed E-state index contributed by atoms with van der Waals surface area (Å²) >= 11 is 0. The Hall–Kier alpha value is -2.37. The summed E-state index contributed by atoms with van der Waals surface area (Å²) in [5.41, 5.74) is 1.54. The lowest BCUT2D eigenvalue weighted by molar-refractivity contribution is -0.146. The molecule has 116 valence electrons. The average Bonchev–Trinajstić information content (AvgIpc) is 3.02. The van der Waals surface area contributed by atoms with E-state index >= 15 is 0 Å². The Morgan fingerprint density at radius 2 is 2.05 bits per heavy atom. The van der Waals surface area contributed by atoms with Crippen molar-refractivity contribution >= 4 is 22.8 Å². The number of aromatic nitrogens is 2. The van der Waals surface area contributed by atoms with Crippen LogP contribution in [0.1, 0.15) is 36.0 Å². The van der Waals surface area contributed by atoms with Crippen molar-refractivity contribution in [2.75, 3.05) is 7.11 Å². The Kier molecular flexibility index (Phi) is 4.09. The highest BCUT2D eigenvalue weighted by atomic mass is 16.5. The molecule has 0 radical (unpaired) electrons. The van der Waals surface area contributed by atoms with Crippen molar-refractivity contribution in [2.24, 2.45) is 5.92 Å². The number of H-pyrrole nitrogens is 1. The molecule has 6 nitrogen and oxygen atoms in total. The minimum Gasteiger partial charge on any atom is -0.469 e. The SMILES string of the molecule is COC(=O)C1CCC(NC(=O)c2ccc3[nH]ncc3c2)CC1. The highest BCUT2D eigenvalue weighted by Crippen LogP contribution is 2.25. The number of nitrogens with one attached hydrogen (secondary N) is 2. The number of ether oxygens (including phenoxy) is 1. The van der Waals surface area contributed by atoms with E-state index in [1.165, 1.54) is 7.11 Å². The molecule has 1 aliphatic carbocycles. The van der Waals surface area contributed by atoms with Gasteiger partial charge in [0.1, 0.15) is 0 Å². The Morgan fingerprint density at radius 3 is 2.77 bits per heavy atom. The van der Waals surface area contributed by atoms with E-state index in [-0.39, 0.29) is 23.8 Å². The molecule has 3 rings (SSSR count). The first kappa shape index (κ1) is 14.6. The van der Waals surface area contributed by atoms with Gasteiger partial charge in [-0.1, -0.05) is 0 Å². The van der Waals surface area contributed by atoms with Crippen molar-refractivity contribution < 1.29 is 14.3 Å². The monoisotopic (exact) mass is 301 g/mol. The van der Waals surface area contributed by atoms with Gasteiger partial charge in [-0.15, -0.1) is 0 Å². The van der Waals surface area contributed by atoms with Crippen LogP contribution in [0.5, 0.6) is 0 Å². The molecular weight excluding hydrogens is 282 g/mol. The third-order valence-electron chi connectivity index (χ3n) is 4.30. The van der Waals surface area contributed by atoms with Gasteiger partial charge in [-0.05, 0) is 43.9 Å². The number of carbonyl (C=O) groups excluding carboxylic acids is 2. The van der Waals surface area contributed by atoms with Crippen molar-refractivity contribution in [3.05, 3.63) is 30.0 Å². The van der Waals surface area contributed by atoms with E-state index in [0.717, 1.165) is 36.6 Å². The smallest absolute Gasteiger partial charge is 0.308 e. The molecule has 0 saturated heterocycles. The van der Waals surface area contributed by atoms with Crippen LogP contribution in [0.25, 0.3) is 10.9 Å². The molecule has 0 spiro atoms. The van der Waals surface area contributed by atoms with E-state index in [0.29, 0.717) is 5.56 Å². The largest absolute Gasteiger partial charge is 0.469 e. The zero-order valence-electron chi connectivity index (χ0n) is 12.5. The Labute approximate surface area is 128 Å². The fourth-order valence-corrected chi connectivity index (χ4v) is 2.99. The van der Waals surface area contributed by atoms with E-state index in [2.05, 4.69) is 15.5 Å². The summed E-state index contributed by atoms with van der Waals surface area (Å²) in [6.07, 6.45) is 4.84. The first-order chi connectivity index (χ1) is 10.7. The number of benzene rings is 1. The summed E-state index contributed by atoms with van der Waals surface area (Å²) in [5, 5.41) is 10.8. The number of amides is 1. The molecule has 1 aromatic carbocycles. The van der Waals surface area contributed by atoms with Gasteiger partial charge in [0.15, 0.2) is 0 Å². The number of hydrogen-bond acceptors (Lipinski definition) is 4. The van der Waals surface area contributed by atoms with Crippen molar-refractivity contribution in [1.82, 2.24) is 15.5 Å². The second kappa shape index (κ2) is 6.17. The van der Waals surface area contributed by atoms with Gasteiger partial charge >= 0.3 is 5.97 Å². The van der Waals surface area contributed by atoms with E-state index in [4.69, 9.17) is 4.74 Å². The number of methoxy groups -OCH3 is 1. The van der Waals surface area contributed by atoms with Gasteiger partial charge in [-0.3, -0.25) is 14.7 Å². The molecule has 2 aromatic rings. The molecule has 0 aliphatic heterocycles. The third-order valence-corrected chi connectivity index (χ3v) is 4.30. The van der Waals surface area contributed by atoms with Gasteiger partial charge in [-0.2, -0.15) is 5.10 Å². The summed E-state index contributed by atoms with van der Waals surface area (Å²) < 4.78 is 4.77. The molecule has 0 atom stereocenters. The fraction of sp³-hybridized carbons (Fsp3) is 0.438. The Bertz CT molecular complexity index is 687. The second-order valence-corrected chi connectivity index (χ2v) is 5.72.